The van der Waals surface area contributed by atoms with Crippen molar-refractivity contribution in [1.29, 1.82) is 0 Å². The molecule has 2 aromatic carbocycles. The first-order valence-electron chi connectivity index (χ1n) is 8.08. The van der Waals surface area contributed by atoms with E-state index in [0.29, 0.717) is 19.5 Å². The number of nitrogens with zero attached hydrogens (tertiary/aromatic N) is 3. The molecule has 3 aromatic rings. The fourth-order valence-corrected chi connectivity index (χ4v) is 3.08. The minimum absolute atomic E-state index is 0.170. The molecule has 5 heteroatoms. The van der Waals surface area contributed by atoms with Gasteiger partial charge in [-0.25, -0.2) is 0 Å². The highest BCUT2D eigenvalue weighted by Crippen LogP contribution is 2.21. The molecule has 1 N–H and O–H groups in total. The first-order valence-corrected chi connectivity index (χ1v) is 8.08. The Morgan fingerprint density at radius 2 is 1.92 bits per heavy atom. The van der Waals surface area contributed by atoms with Gasteiger partial charge in [0.1, 0.15) is 5.82 Å². The van der Waals surface area contributed by atoms with Crippen molar-refractivity contribution in [3.05, 3.63) is 66.4 Å². The van der Waals surface area contributed by atoms with Crippen LogP contribution >= 0.6 is 0 Å². The molecule has 0 atom stereocenters. The van der Waals surface area contributed by atoms with Crippen LogP contribution in [0.4, 0.5) is 5.82 Å². The summed E-state index contributed by atoms with van der Waals surface area (Å²) in [4.78, 5) is 14.4. The Kier molecular flexibility index (Phi) is 3.83. The van der Waals surface area contributed by atoms with Crippen LogP contribution in [0, 0.1) is 0 Å². The van der Waals surface area contributed by atoms with Gasteiger partial charge in [-0.15, -0.1) is 5.10 Å². The lowest BCUT2D eigenvalue weighted by molar-refractivity contribution is -0.134. The molecule has 1 fully saturated rings. The molecular formula is C19H18N4O. The molecule has 0 aliphatic carbocycles. The van der Waals surface area contributed by atoms with E-state index >= 15 is 0 Å². The summed E-state index contributed by atoms with van der Waals surface area (Å²) in [7, 11) is 0. The molecule has 2 heterocycles. The van der Waals surface area contributed by atoms with Crippen LogP contribution < -0.4 is 5.32 Å². The summed E-state index contributed by atoms with van der Waals surface area (Å²) in [6, 6.07) is 18.3. The van der Waals surface area contributed by atoms with Crippen LogP contribution in [-0.2, 0) is 11.2 Å². The van der Waals surface area contributed by atoms with Gasteiger partial charge in [-0.2, -0.15) is 5.10 Å². The number of rotatable bonds is 4. The van der Waals surface area contributed by atoms with Crippen molar-refractivity contribution in [2.24, 2.45) is 0 Å². The smallest absolute Gasteiger partial charge is 0.227 e. The first kappa shape index (κ1) is 14.6. The molecule has 0 unspecified atom stereocenters. The molecule has 1 aromatic heterocycles. The summed E-state index contributed by atoms with van der Waals surface area (Å²) in [6.45, 7) is 1.42. The van der Waals surface area contributed by atoms with E-state index in [-0.39, 0.29) is 11.9 Å². The van der Waals surface area contributed by atoms with Crippen molar-refractivity contribution in [1.82, 2.24) is 15.1 Å². The zero-order chi connectivity index (χ0) is 16.4. The third kappa shape index (κ3) is 2.93. The number of anilines is 1. The number of carbonyl (C=O) groups excluding carboxylic acids is 1. The fourth-order valence-electron chi connectivity index (χ4n) is 3.08. The van der Waals surface area contributed by atoms with Crippen LogP contribution in [-0.4, -0.2) is 40.1 Å². The van der Waals surface area contributed by atoms with Gasteiger partial charge in [0, 0.05) is 19.3 Å². The van der Waals surface area contributed by atoms with Gasteiger partial charge in [0.05, 0.1) is 12.5 Å². The largest absolute Gasteiger partial charge is 0.362 e. The number of carbonyl (C=O) groups is 1. The molecule has 1 saturated heterocycles. The van der Waals surface area contributed by atoms with Gasteiger partial charge >= 0.3 is 0 Å². The number of nitrogens with one attached hydrogen (secondary N) is 1. The number of amides is 1. The van der Waals surface area contributed by atoms with Crippen molar-refractivity contribution in [2.75, 3.05) is 18.4 Å². The van der Waals surface area contributed by atoms with E-state index in [0.717, 1.165) is 16.8 Å². The third-order valence-corrected chi connectivity index (χ3v) is 4.38. The molecule has 4 rings (SSSR count). The van der Waals surface area contributed by atoms with Gasteiger partial charge < -0.3 is 10.2 Å². The van der Waals surface area contributed by atoms with Crippen molar-refractivity contribution in [2.45, 2.75) is 12.5 Å². The van der Waals surface area contributed by atoms with Crippen LogP contribution in [0.25, 0.3) is 10.8 Å². The van der Waals surface area contributed by atoms with Gasteiger partial charge in [0.2, 0.25) is 5.91 Å². The zero-order valence-corrected chi connectivity index (χ0v) is 13.2. The van der Waals surface area contributed by atoms with E-state index in [1.165, 1.54) is 5.39 Å². The Bertz CT molecular complexity index is 854. The highest BCUT2D eigenvalue weighted by Gasteiger charge is 2.30. The lowest BCUT2D eigenvalue weighted by Crippen LogP contribution is -2.57. The summed E-state index contributed by atoms with van der Waals surface area (Å²) >= 11 is 0. The van der Waals surface area contributed by atoms with E-state index in [2.05, 4.69) is 33.7 Å². The van der Waals surface area contributed by atoms with Gasteiger partial charge in [-0.3, -0.25) is 4.79 Å². The lowest BCUT2D eigenvalue weighted by Gasteiger charge is -2.39. The van der Waals surface area contributed by atoms with Crippen LogP contribution in [0.2, 0.25) is 0 Å². The van der Waals surface area contributed by atoms with Crippen LogP contribution in [0.15, 0.2) is 60.8 Å². The second-order valence-corrected chi connectivity index (χ2v) is 6.06. The average Bonchev–Trinajstić information content (AvgIpc) is 2.59. The SMILES string of the molecule is O=C(Cc1cccc2ccccc12)N1CC(Nc2cccnn2)C1. The minimum atomic E-state index is 0.170. The number of hydrogen-bond acceptors (Lipinski definition) is 4. The molecule has 0 radical (unpaired) electrons. The van der Waals surface area contributed by atoms with Crippen molar-refractivity contribution >= 4 is 22.5 Å². The Morgan fingerprint density at radius 3 is 2.75 bits per heavy atom. The molecule has 0 spiro atoms. The molecule has 1 aliphatic rings. The molecule has 5 nitrogen and oxygen atoms in total. The summed E-state index contributed by atoms with van der Waals surface area (Å²) < 4.78 is 0. The molecule has 24 heavy (non-hydrogen) atoms. The lowest BCUT2D eigenvalue weighted by atomic mass is 10.0. The Hall–Kier alpha value is -2.95. The predicted octanol–water partition coefficient (Wildman–Crippen LogP) is 2.50. The van der Waals surface area contributed by atoms with E-state index < -0.39 is 0 Å². The van der Waals surface area contributed by atoms with Gasteiger partial charge in [-0.05, 0) is 28.5 Å². The summed E-state index contributed by atoms with van der Waals surface area (Å²) in [6.07, 6.45) is 2.09. The maximum Gasteiger partial charge on any atom is 0.227 e. The Labute approximate surface area is 140 Å². The maximum atomic E-state index is 12.5. The highest BCUT2D eigenvalue weighted by atomic mass is 16.2. The standard InChI is InChI=1S/C19H18N4O/c24-19(11-15-7-3-6-14-5-1-2-8-17(14)15)23-12-16(13-23)21-18-9-4-10-20-22-18/h1-10,16H,11-13H2,(H,21,22). The number of likely N-dealkylation sites (tertiary alicyclic amines) is 1. The second-order valence-electron chi connectivity index (χ2n) is 6.06. The van der Waals surface area contributed by atoms with E-state index in [1.807, 2.05) is 41.3 Å². The summed E-state index contributed by atoms with van der Waals surface area (Å²) in [5, 5.41) is 13.5. The van der Waals surface area contributed by atoms with E-state index in [9.17, 15) is 4.79 Å². The fraction of sp³-hybridized carbons (Fsp3) is 0.211. The number of benzene rings is 2. The molecule has 1 aliphatic heterocycles. The summed E-state index contributed by atoms with van der Waals surface area (Å²) in [5.74, 6) is 0.923. The van der Waals surface area contributed by atoms with Gasteiger partial charge in [0.25, 0.3) is 0 Å². The van der Waals surface area contributed by atoms with E-state index in [1.54, 1.807) is 6.20 Å². The van der Waals surface area contributed by atoms with Gasteiger partial charge in [-0.1, -0.05) is 42.5 Å². The van der Waals surface area contributed by atoms with Crippen molar-refractivity contribution in [3.8, 4) is 0 Å². The summed E-state index contributed by atoms with van der Waals surface area (Å²) in [5.41, 5.74) is 1.09. The number of fused-ring (bicyclic) bond motifs is 1. The minimum Gasteiger partial charge on any atom is -0.362 e. The molecule has 0 bridgehead atoms. The second kappa shape index (κ2) is 6.28. The van der Waals surface area contributed by atoms with Gasteiger partial charge in [0.15, 0.2) is 0 Å². The van der Waals surface area contributed by atoms with Crippen molar-refractivity contribution < 1.29 is 4.79 Å². The molecular weight excluding hydrogens is 300 g/mol. The van der Waals surface area contributed by atoms with E-state index in [4.69, 9.17) is 0 Å². The van der Waals surface area contributed by atoms with Crippen LogP contribution in [0.1, 0.15) is 5.56 Å². The highest BCUT2D eigenvalue weighted by molar-refractivity contribution is 5.90. The third-order valence-electron chi connectivity index (χ3n) is 4.38. The molecule has 0 saturated carbocycles. The van der Waals surface area contributed by atoms with Crippen LogP contribution in [0.5, 0.6) is 0 Å². The maximum absolute atomic E-state index is 12.5. The van der Waals surface area contributed by atoms with Crippen LogP contribution in [0.3, 0.4) is 0 Å². The number of hydrogen-bond donors (Lipinski definition) is 1. The van der Waals surface area contributed by atoms with Crippen molar-refractivity contribution in [3.63, 3.8) is 0 Å². The average molecular weight is 318 g/mol. The molecule has 1 amide bonds. The first-order chi connectivity index (χ1) is 11.8. The normalized spacial score (nSPS) is 14.4. The predicted molar refractivity (Wildman–Crippen MR) is 93.7 cm³/mol. The quantitative estimate of drug-likeness (QED) is 0.803. The zero-order valence-electron chi connectivity index (χ0n) is 13.2. The monoisotopic (exact) mass is 318 g/mol. The Balaban J connectivity index is 1.38. The number of aromatic nitrogens is 2. The molecule has 120 valence electrons. The Morgan fingerprint density at radius 1 is 1.08 bits per heavy atom. The topological polar surface area (TPSA) is 58.1 Å².